The van der Waals surface area contributed by atoms with Crippen molar-refractivity contribution in [2.75, 3.05) is 6.61 Å². The minimum absolute atomic E-state index is 0.689. The Balaban J connectivity index is 2.68. The summed E-state index contributed by atoms with van der Waals surface area (Å²) in [6.07, 6.45) is 5.28. The van der Waals surface area contributed by atoms with E-state index in [1.807, 2.05) is 25.1 Å². The summed E-state index contributed by atoms with van der Waals surface area (Å²) in [4.78, 5) is 4.07. The molecule has 0 aliphatic carbocycles. The largest absolute Gasteiger partial charge is 0.501 e. The van der Waals surface area contributed by atoms with Gasteiger partial charge in [0.2, 0.25) is 0 Å². The van der Waals surface area contributed by atoms with Crippen molar-refractivity contribution >= 4 is 22.0 Å². The average Bonchev–Trinajstić information content (AvgIpc) is 2.09. The zero-order valence-electron chi connectivity index (χ0n) is 6.83. The van der Waals surface area contributed by atoms with Crippen molar-refractivity contribution < 1.29 is 4.74 Å². The Morgan fingerprint density at radius 2 is 2.50 bits per heavy atom. The Hall–Kier alpha value is -0.830. The second-order valence-corrected chi connectivity index (χ2v) is 2.89. The molecule has 0 amide bonds. The minimum atomic E-state index is 0.689. The maximum absolute atomic E-state index is 5.06. The molecule has 0 bridgehead atoms. The molecule has 0 aromatic carbocycles. The van der Waals surface area contributed by atoms with Crippen LogP contribution in [-0.2, 0) is 4.74 Å². The monoisotopic (exact) mass is 227 g/mol. The molecule has 0 aliphatic heterocycles. The summed E-state index contributed by atoms with van der Waals surface area (Å²) in [6, 6.07) is 3.85. The first-order valence-corrected chi connectivity index (χ1v) is 4.52. The molecular weight excluding hydrogens is 218 g/mol. The number of hydrogen-bond donors (Lipinski definition) is 0. The van der Waals surface area contributed by atoms with Gasteiger partial charge in [-0.15, -0.1) is 0 Å². The third-order valence-corrected chi connectivity index (χ3v) is 1.96. The minimum Gasteiger partial charge on any atom is -0.501 e. The van der Waals surface area contributed by atoms with E-state index in [1.54, 1.807) is 12.5 Å². The first-order chi connectivity index (χ1) is 5.84. The summed E-state index contributed by atoms with van der Waals surface area (Å²) in [6.45, 7) is 2.64. The number of hydrogen-bond acceptors (Lipinski definition) is 2. The highest BCUT2D eigenvalue weighted by Gasteiger charge is 1.92. The van der Waals surface area contributed by atoms with E-state index in [2.05, 4.69) is 20.9 Å². The average molecular weight is 228 g/mol. The van der Waals surface area contributed by atoms with Crippen LogP contribution in [0.1, 0.15) is 12.5 Å². The van der Waals surface area contributed by atoms with Crippen LogP contribution in [-0.4, -0.2) is 11.6 Å². The lowest BCUT2D eigenvalue weighted by molar-refractivity contribution is 0.272. The SMILES string of the molecule is CCO/C=C/c1cccnc1Br. The lowest BCUT2D eigenvalue weighted by atomic mass is 10.3. The highest BCUT2D eigenvalue weighted by Crippen LogP contribution is 2.13. The molecule has 1 heterocycles. The lowest BCUT2D eigenvalue weighted by Gasteiger charge is -1.96. The number of pyridine rings is 1. The van der Waals surface area contributed by atoms with Crippen LogP contribution in [0.5, 0.6) is 0 Å². The van der Waals surface area contributed by atoms with E-state index < -0.39 is 0 Å². The van der Waals surface area contributed by atoms with E-state index in [0.29, 0.717) is 6.61 Å². The predicted octanol–water partition coefficient (Wildman–Crippen LogP) is 2.85. The quantitative estimate of drug-likeness (QED) is 0.586. The molecule has 12 heavy (non-hydrogen) atoms. The van der Waals surface area contributed by atoms with Gasteiger partial charge in [0.1, 0.15) is 4.60 Å². The molecular formula is C9H10BrNO. The van der Waals surface area contributed by atoms with Crippen molar-refractivity contribution in [3.05, 3.63) is 34.8 Å². The number of halogens is 1. The lowest BCUT2D eigenvalue weighted by Crippen LogP contribution is -1.81. The molecule has 0 atom stereocenters. The summed E-state index contributed by atoms with van der Waals surface area (Å²) in [5.41, 5.74) is 1.02. The molecule has 0 saturated carbocycles. The fourth-order valence-corrected chi connectivity index (χ4v) is 1.12. The van der Waals surface area contributed by atoms with Gasteiger partial charge in [-0.2, -0.15) is 0 Å². The van der Waals surface area contributed by atoms with E-state index >= 15 is 0 Å². The highest BCUT2D eigenvalue weighted by atomic mass is 79.9. The Bertz CT molecular complexity index is 273. The smallest absolute Gasteiger partial charge is 0.113 e. The number of nitrogens with zero attached hydrogens (tertiary/aromatic N) is 1. The number of ether oxygens (including phenoxy) is 1. The molecule has 3 heteroatoms. The van der Waals surface area contributed by atoms with Gasteiger partial charge in [-0.1, -0.05) is 6.07 Å². The molecule has 2 nitrogen and oxygen atoms in total. The van der Waals surface area contributed by atoms with Crippen molar-refractivity contribution in [1.82, 2.24) is 4.98 Å². The van der Waals surface area contributed by atoms with Gasteiger partial charge < -0.3 is 4.74 Å². The van der Waals surface area contributed by atoms with E-state index in [-0.39, 0.29) is 0 Å². The Morgan fingerprint density at radius 3 is 3.17 bits per heavy atom. The maximum atomic E-state index is 5.06. The summed E-state index contributed by atoms with van der Waals surface area (Å²) < 4.78 is 5.90. The van der Waals surface area contributed by atoms with Crippen LogP contribution in [0.25, 0.3) is 6.08 Å². The predicted molar refractivity (Wildman–Crippen MR) is 52.6 cm³/mol. The zero-order valence-corrected chi connectivity index (χ0v) is 8.41. The van der Waals surface area contributed by atoms with Crippen LogP contribution in [0.3, 0.4) is 0 Å². The first-order valence-electron chi connectivity index (χ1n) is 3.73. The van der Waals surface area contributed by atoms with Crippen molar-refractivity contribution in [2.45, 2.75) is 6.92 Å². The molecule has 0 radical (unpaired) electrons. The van der Waals surface area contributed by atoms with Crippen molar-refractivity contribution in [3.63, 3.8) is 0 Å². The molecule has 0 fully saturated rings. The molecule has 0 N–H and O–H groups in total. The van der Waals surface area contributed by atoms with Crippen molar-refractivity contribution in [3.8, 4) is 0 Å². The van der Waals surface area contributed by atoms with Gasteiger partial charge in [-0.05, 0) is 35.0 Å². The molecule has 0 saturated heterocycles. The van der Waals surface area contributed by atoms with Gasteiger partial charge in [-0.25, -0.2) is 4.98 Å². The van der Waals surface area contributed by atoms with E-state index in [0.717, 1.165) is 10.2 Å². The second-order valence-electron chi connectivity index (χ2n) is 2.14. The standard InChI is InChI=1S/C9H10BrNO/c1-2-12-7-5-8-4-3-6-11-9(8)10/h3-7H,2H2,1H3/b7-5+. The molecule has 0 spiro atoms. The van der Waals surface area contributed by atoms with Crippen LogP contribution in [0.15, 0.2) is 29.2 Å². The Labute approximate surface area is 80.4 Å². The molecule has 1 aromatic rings. The normalized spacial score (nSPS) is 10.5. The van der Waals surface area contributed by atoms with E-state index in [9.17, 15) is 0 Å². The van der Waals surface area contributed by atoms with Crippen LogP contribution < -0.4 is 0 Å². The Morgan fingerprint density at radius 1 is 1.67 bits per heavy atom. The van der Waals surface area contributed by atoms with Crippen LogP contribution >= 0.6 is 15.9 Å². The van der Waals surface area contributed by atoms with Gasteiger partial charge in [0.15, 0.2) is 0 Å². The van der Waals surface area contributed by atoms with Gasteiger partial charge in [0.25, 0.3) is 0 Å². The van der Waals surface area contributed by atoms with Gasteiger partial charge >= 0.3 is 0 Å². The topological polar surface area (TPSA) is 22.1 Å². The molecule has 64 valence electrons. The number of rotatable bonds is 3. The fraction of sp³-hybridized carbons (Fsp3) is 0.222. The van der Waals surface area contributed by atoms with E-state index in [4.69, 9.17) is 4.74 Å². The fourth-order valence-electron chi connectivity index (χ4n) is 0.740. The second kappa shape index (κ2) is 4.93. The highest BCUT2D eigenvalue weighted by molar-refractivity contribution is 9.10. The van der Waals surface area contributed by atoms with E-state index in [1.165, 1.54) is 0 Å². The number of aromatic nitrogens is 1. The summed E-state index contributed by atoms with van der Waals surface area (Å²) in [7, 11) is 0. The third kappa shape index (κ3) is 2.66. The Kier molecular flexibility index (Phi) is 3.80. The van der Waals surface area contributed by atoms with Crippen molar-refractivity contribution in [2.24, 2.45) is 0 Å². The van der Waals surface area contributed by atoms with Crippen LogP contribution in [0.2, 0.25) is 0 Å². The molecule has 0 unspecified atom stereocenters. The van der Waals surface area contributed by atoms with Crippen molar-refractivity contribution in [1.29, 1.82) is 0 Å². The van der Waals surface area contributed by atoms with Gasteiger partial charge in [-0.3, -0.25) is 0 Å². The van der Waals surface area contributed by atoms with Gasteiger partial charge in [0, 0.05) is 11.8 Å². The summed E-state index contributed by atoms with van der Waals surface area (Å²) >= 11 is 3.33. The molecule has 0 aliphatic rings. The maximum Gasteiger partial charge on any atom is 0.113 e. The molecule has 1 aromatic heterocycles. The zero-order chi connectivity index (χ0) is 8.81. The van der Waals surface area contributed by atoms with Crippen LogP contribution in [0.4, 0.5) is 0 Å². The summed E-state index contributed by atoms with van der Waals surface area (Å²) in [5.74, 6) is 0. The molecule has 1 rings (SSSR count). The third-order valence-electron chi connectivity index (χ3n) is 1.30. The first kappa shape index (κ1) is 9.26. The van der Waals surface area contributed by atoms with Crippen LogP contribution in [0, 0.1) is 0 Å². The summed E-state index contributed by atoms with van der Waals surface area (Å²) in [5, 5.41) is 0. The van der Waals surface area contributed by atoms with Gasteiger partial charge in [0.05, 0.1) is 12.9 Å².